The molecule has 19 heavy (non-hydrogen) atoms. The maximum absolute atomic E-state index is 9.82. The normalized spacial score (nSPS) is 10.8. The number of furan rings is 1. The van der Waals surface area contributed by atoms with Gasteiger partial charge in [-0.15, -0.1) is 0 Å². The van der Waals surface area contributed by atoms with Crippen molar-refractivity contribution in [3.8, 4) is 28.6 Å². The number of hydrogen-bond donors (Lipinski definition) is 1. The van der Waals surface area contributed by atoms with Crippen LogP contribution in [0.1, 0.15) is 5.76 Å². The summed E-state index contributed by atoms with van der Waals surface area (Å²) in [4.78, 5) is 4.27. The molecule has 3 rings (SSSR count). The van der Waals surface area contributed by atoms with Crippen molar-refractivity contribution in [2.45, 2.75) is 6.92 Å². The van der Waals surface area contributed by atoms with Gasteiger partial charge in [-0.1, -0.05) is 21.1 Å². The Morgan fingerprint density at radius 2 is 2.05 bits per heavy atom. The molecule has 0 bridgehead atoms. The van der Waals surface area contributed by atoms with Gasteiger partial charge in [0.15, 0.2) is 0 Å². The van der Waals surface area contributed by atoms with Crippen LogP contribution in [0.4, 0.5) is 0 Å². The van der Waals surface area contributed by atoms with E-state index >= 15 is 0 Å². The molecule has 1 N–H and O–H groups in total. The zero-order chi connectivity index (χ0) is 13.4. The fourth-order valence-corrected chi connectivity index (χ4v) is 2.10. The van der Waals surface area contributed by atoms with Crippen LogP contribution in [0.2, 0.25) is 0 Å². The highest BCUT2D eigenvalue weighted by Crippen LogP contribution is 2.32. The van der Waals surface area contributed by atoms with Gasteiger partial charge >= 0.3 is 0 Å². The molecule has 0 saturated heterocycles. The number of aromatic nitrogens is 2. The van der Waals surface area contributed by atoms with Crippen molar-refractivity contribution in [3.63, 3.8) is 0 Å². The van der Waals surface area contributed by atoms with E-state index in [0.717, 1.165) is 10.0 Å². The standard InChI is InChI=1S/C13H9BrN2O3/c1-7-9(4-5-18-7)12-15-13(19-16-12)10-6-8(14)2-3-11(10)17/h2-6,17H,1H3. The Bertz CT molecular complexity index is 733. The summed E-state index contributed by atoms with van der Waals surface area (Å²) in [6, 6.07) is 6.78. The summed E-state index contributed by atoms with van der Waals surface area (Å²) >= 11 is 3.33. The second-order valence-corrected chi connectivity index (χ2v) is 4.89. The topological polar surface area (TPSA) is 72.3 Å². The predicted molar refractivity (Wildman–Crippen MR) is 71.5 cm³/mol. The molecule has 0 spiro atoms. The fourth-order valence-electron chi connectivity index (χ4n) is 1.74. The van der Waals surface area contributed by atoms with Gasteiger partial charge in [0.1, 0.15) is 11.5 Å². The SMILES string of the molecule is Cc1occc1-c1noc(-c2cc(Br)ccc2O)n1. The lowest BCUT2D eigenvalue weighted by molar-refractivity contribution is 0.425. The minimum Gasteiger partial charge on any atom is -0.507 e. The first-order chi connectivity index (χ1) is 9.15. The first-order valence-corrected chi connectivity index (χ1v) is 6.31. The van der Waals surface area contributed by atoms with E-state index in [4.69, 9.17) is 8.94 Å². The molecule has 0 radical (unpaired) electrons. The van der Waals surface area contributed by atoms with Crippen LogP contribution in [0.3, 0.4) is 0 Å². The molecule has 3 aromatic rings. The Kier molecular flexibility index (Phi) is 2.87. The van der Waals surface area contributed by atoms with E-state index < -0.39 is 0 Å². The maximum atomic E-state index is 9.82. The molecule has 0 saturated carbocycles. The van der Waals surface area contributed by atoms with Crippen LogP contribution in [-0.2, 0) is 0 Å². The zero-order valence-electron chi connectivity index (χ0n) is 9.92. The lowest BCUT2D eigenvalue weighted by Crippen LogP contribution is -1.82. The third-order valence-electron chi connectivity index (χ3n) is 2.71. The number of nitrogens with zero attached hydrogens (tertiary/aromatic N) is 2. The predicted octanol–water partition coefficient (Wildman–Crippen LogP) is 3.77. The van der Waals surface area contributed by atoms with Crippen LogP contribution in [-0.4, -0.2) is 15.2 Å². The van der Waals surface area contributed by atoms with Gasteiger partial charge in [0.2, 0.25) is 5.82 Å². The van der Waals surface area contributed by atoms with Gasteiger partial charge in [-0.25, -0.2) is 0 Å². The number of aryl methyl sites for hydroxylation is 1. The lowest BCUT2D eigenvalue weighted by atomic mass is 10.2. The first kappa shape index (κ1) is 12.0. The minimum absolute atomic E-state index is 0.0855. The number of aromatic hydroxyl groups is 1. The molecular formula is C13H9BrN2O3. The van der Waals surface area contributed by atoms with Crippen molar-refractivity contribution in [2.24, 2.45) is 0 Å². The highest BCUT2D eigenvalue weighted by molar-refractivity contribution is 9.10. The van der Waals surface area contributed by atoms with E-state index in [1.165, 1.54) is 0 Å². The van der Waals surface area contributed by atoms with Gasteiger partial charge in [-0.2, -0.15) is 4.98 Å². The van der Waals surface area contributed by atoms with E-state index in [1.54, 1.807) is 30.5 Å². The number of phenols is 1. The summed E-state index contributed by atoms with van der Waals surface area (Å²) in [6.07, 6.45) is 1.57. The van der Waals surface area contributed by atoms with Crippen LogP contribution >= 0.6 is 15.9 Å². The van der Waals surface area contributed by atoms with Gasteiger partial charge in [0.25, 0.3) is 5.89 Å². The Balaban J connectivity index is 2.06. The monoisotopic (exact) mass is 320 g/mol. The second-order valence-electron chi connectivity index (χ2n) is 3.98. The van der Waals surface area contributed by atoms with E-state index in [1.807, 2.05) is 6.92 Å². The van der Waals surface area contributed by atoms with Crippen LogP contribution in [0.25, 0.3) is 22.8 Å². The molecular weight excluding hydrogens is 312 g/mol. The van der Waals surface area contributed by atoms with Gasteiger partial charge in [-0.05, 0) is 31.2 Å². The van der Waals surface area contributed by atoms with Crippen molar-refractivity contribution in [1.29, 1.82) is 0 Å². The van der Waals surface area contributed by atoms with Crippen molar-refractivity contribution < 1.29 is 14.0 Å². The molecule has 0 fully saturated rings. The van der Waals surface area contributed by atoms with Crippen LogP contribution in [0, 0.1) is 6.92 Å². The lowest BCUT2D eigenvalue weighted by Gasteiger charge is -1.99. The maximum Gasteiger partial charge on any atom is 0.262 e. The van der Waals surface area contributed by atoms with Crippen molar-refractivity contribution in [2.75, 3.05) is 0 Å². The molecule has 0 aliphatic rings. The third kappa shape index (κ3) is 2.15. The van der Waals surface area contributed by atoms with E-state index in [0.29, 0.717) is 17.1 Å². The molecule has 2 aromatic heterocycles. The van der Waals surface area contributed by atoms with Crippen LogP contribution in [0.5, 0.6) is 5.75 Å². The Hall–Kier alpha value is -2.08. The van der Waals surface area contributed by atoms with Crippen LogP contribution in [0.15, 0.2) is 43.9 Å². The molecule has 0 aliphatic heterocycles. The molecule has 96 valence electrons. The molecule has 0 unspecified atom stereocenters. The van der Waals surface area contributed by atoms with Crippen molar-refractivity contribution in [3.05, 3.63) is 40.8 Å². The fraction of sp³-hybridized carbons (Fsp3) is 0.0769. The Morgan fingerprint density at radius 3 is 2.79 bits per heavy atom. The average Bonchev–Trinajstić information content (AvgIpc) is 3.00. The third-order valence-corrected chi connectivity index (χ3v) is 3.21. The zero-order valence-corrected chi connectivity index (χ0v) is 11.5. The molecule has 6 heteroatoms. The number of halogens is 1. The molecule has 0 aliphatic carbocycles. The van der Waals surface area contributed by atoms with Crippen LogP contribution < -0.4 is 0 Å². The van der Waals surface area contributed by atoms with E-state index in [-0.39, 0.29) is 11.6 Å². The van der Waals surface area contributed by atoms with Gasteiger partial charge in [0.05, 0.1) is 17.4 Å². The molecule has 0 amide bonds. The Morgan fingerprint density at radius 1 is 1.21 bits per heavy atom. The summed E-state index contributed by atoms with van der Waals surface area (Å²) in [7, 11) is 0. The molecule has 5 nitrogen and oxygen atoms in total. The van der Waals surface area contributed by atoms with Gasteiger partial charge < -0.3 is 14.0 Å². The number of benzene rings is 1. The van der Waals surface area contributed by atoms with Crippen molar-refractivity contribution >= 4 is 15.9 Å². The van der Waals surface area contributed by atoms with E-state index in [9.17, 15) is 5.11 Å². The summed E-state index contributed by atoms with van der Waals surface area (Å²) in [6.45, 7) is 1.82. The highest BCUT2D eigenvalue weighted by Gasteiger charge is 2.16. The summed E-state index contributed by atoms with van der Waals surface area (Å²) in [5, 5.41) is 13.7. The van der Waals surface area contributed by atoms with Gasteiger partial charge in [0, 0.05) is 4.47 Å². The van der Waals surface area contributed by atoms with Crippen molar-refractivity contribution in [1.82, 2.24) is 10.1 Å². The minimum atomic E-state index is 0.0855. The smallest absolute Gasteiger partial charge is 0.262 e. The average molecular weight is 321 g/mol. The Labute approximate surface area is 117 Å². The quantitative estimate of drug-likeness (QED) is 0.778. The molecule has 2 heterocycles. The number of rotatable bonds is 2. The largest absolute Gasteiger partial charge is 0.507 e. The summed E-state index contributed by atoms with van der Waals surface area (Å²) < 4.78 is 11.2. The van der Waals surface area contributed by atoms with Gasteiger partial charge in [-0.3, -0.25) is 0 Å². The molecule has 0 atom stereocenters. The highest BCUT2D eigenvalue weighted by atomic mass is 79.9. The number of phenolic OH excluding ortho intramolecular Hbond substituents is 1. The first-order valence-electron chi connectivity index (χ1n) is 5.52. The second kappa shape index (κ2) is 4.55. The summed E-state index contributed by atoms with van der Waals surface area (Å²) in [5.41, 5.74) is 1.25. The van der Waals surface area contributed by atoms with E-state index in [2.05, 4.69) is 26.1 Å². The summed E-state index contributed by atoms with van der Waals surface area (Å²) in [5.74, 6) is 1.49. The molecule has 1 aromatic carbocycles. The number of hydrogen-bond acceptors (Lipinski definition) is 5.